The fraction of sp³-hybridized carbons (Fsp3) is 0.200. The van der Waals surface area contributed by atoms with Gasteiger partial charge in [0.25, 0.3) is 5.91 Å². The number of carbonyl (C=O) groups excluding carboxylic acids is 2. The molecule has 0 bridgehead atoms. The summed E-state index contributed by atoms with van der Waals surface area (Å²) in [6.45, 7) is 3.08. The third-order valence-electron chi connectivity index (χ3n) is 3.26. The summed E-state index contributed by atoms with van der Waals surface area (Å²) >= 11 is 0. The maximum Gasteiger partial charge on any atom is 0.321 e. The summed E-state index contributed by atoms with van der Waals surface area (Å²) in [5.74, 6) is 0.667. The minimum absolute atomic E-state index is 0.0992. The van der Waals surface area contributed by atoms with Gasteiger partial charge in [0.1, 0.15) is 5.76 Å². The smallest absolute Gasteiger partial charge is 0.321 e. The maximum atomic E-state index is 11.9. The van der Waals surface area contributed by atoms with Crippen LogP contribution in [0.1, 0.15) is 16.3 Å². The summed E-state index contributed by atoms with van der Waals surface area (Å²) in [4.78, 5) is 25.2. The molecule has 1 aromatic carbocycles. The van der Waals surface area contributed by atoms with Crippen LogP contribution in [0.25, 0.3) is 0 Å². The van der Waals surface area contributed by atoms with Crippen LogP contribution in [-0.2, 0) is 0 Å². The van der Waals surface area contributed by atoms with Gasteiger partial charge in [-0.25, -0.2) is 4.79 Å². The van der Waals surface area contributed by atoms with Gasteiger partial charge >= 0.3 is 6.03 Å². The number of anilines is 2. The van der Waals surface area contributed by atoms with E-state index in [9.17, 15) is 9.59 Å². The summed E-state index contributed by atoms with van der Waals surface area (Å²) in [5, 5.41) is 5.49. The molecule has 1 aromatic heterocycles. The highest BCUT2D eigenvalue weighted by Crippen LogP contribution is 2.20. The monoisotopic (exact) mass is 285 g/mol. The predicted octanol–water partition coefficient (Wildman–Crippen LogP) is 2.37. The second kappa shape index (κ2) is 5.32. The van der Waals surface area contributed by atoms with E-state index in [2.05, 4.69) is 10.6 Å². The highest BCUT2D eigenvalue weighted by Gasteiger charge is 2.20. The average molecular weight is 285 g/mol. The Morgan fingerprint density at radius 1 is 1.24 bits per heavy atom. The fourth-order valence-corrected chi connectivity index (χ4v) is 2.19. The Bertz CT molecular complexity index is 676. The third-order valence-corrected chi connectivity index (χ3v) is 3.26. The lowest BCUT2D eigenvalue weighted by Crippen LogP contribution is -2.27. The van der Waals surface area contributed by atoms with E-state index in [0.29, 0.717) is 24.5 Å². The number of carbonyl (C=O) groups is 2. The second-order valence-corrected chi connectivity index (χ2v) is 4.79. The van der Waals surface area contributed by atoms with Crippen molar-refractivity contribution < 1.29 is 14.0 Å². The van der Waals surface area contributed by atoms with E-state index in [-0.39, 0.29) is 17.7 Å². The number of furan rings is 1. The Kier molecular flexibility index (Phi) is 3.35. The minimum atomic E-state index is -0.297. The van der Waals surface area contributed by atoms with Crippen LogP contribution in [-0.4, -0.2) is 25.0 Å². The molecule has 0 spiro atoms. The van der Waals surface area contributed by atoms with Crippen molar-refractivity contribution >= 4 is 23.3 Å². The Morgan fingerprint density at radius 2 is 2.00 bits per heavy atom. The van der Waals surface area contributed by atoms with E-state index >= 15 is 0 Å². The Labute approximate surface area is 121 Å². The predicted molar refractivity (Wildman–Crippen MR) is 78.6 cm³/mol. The lowest BCUT2D eigenvalue weighted by atomic mass is 10.2. The summed E-state index contributed by atoms with van der Waals surface area (Å²) in [6, 6.07) is 10.4. The first-order chi connectivity index (χ1) is 10.1. The van der Waals surface area contributed by atoms with E-state index in [1.54, 1.807) is 48.2 Å². The van der Waals surface area contributed by atoms with Crippen molar-refractivity contribution in [3.63, 3.8) is 0 Å². The van der Waals surface area contributed by atoms with Crippen molar-refractivity contribution in [1.29, 1.82) is 0 Å². The number of rotatable bonds is 3. The summed E-state index contributed by atoms with van der Waals surface area (Å²) in [7, 11) is 0. The zero-order valence-electron chi connectivity index (χ0n) is 11.6. The Hall–Kier alpha value is -2.76. The summed E-state index contributed by atoms with van der Waals surface area (Å²) in [6.07, 6.45) is 0. The third kappa shape index (κ3) is 2.74. The summed E-state index contributed by atoms with van der Waals surface area (Å²) in [5.41, 5.74) is 1.45. The van der Waals surface area contributed by atoms with Crippen LogP contribution in [0.2, 0.25) is 0 Å². The molecule has 1 aliphatic heterocycles. The molecular formula is C15H15N3O3. The normalized spacial score (nSPS) is 14.1. The van der Waals surface area contributed by atoms with Crippen LogP contribution < -0.4 is 15.5 Å². The van der Waals surface area contributed by atoms with Gasteiger partial charge < -0.3 is 15.1 Å². The van der Waals surface area contributed by atoms with Gasteiger partial charge in [-0.2, -0.15) is 0 Å². The highest BCUT2D eigenvalue weighted by atomic mass is 16.3. The molecule has 2 aromatic rings. The van der Waals surface area contributed by atoms with Gasteiger partial charge in [0, 0.05) is 24.5 Å². The lowest BCUT2D eigenvalue weighted by molar-refractivity contribution is 0.0995. The van der Waals surface area contributed by atoms with Gasteiger partial charge in [0.05, 0.1) is 0 Å². The molecule has 3 rings (SSSR count). The standard InChI is InChI=1S/C15H15N3O3/c1-10-2-7-13(21-10)14(19)17-11-3-5-12(6-4-11)18-9-8-16-15(18)20/h2-7H,8-9H2,1H3,(H,16,20)(H,17,19). The summed E-state index contributed by atoms with van der Waals surface area (Å²) < 4.78 is 5.26. The number of hydrogen-bond donors (Lipinski definition) is 2. The van der Waals surface area contributed by atoms with E-state index in [1.165, 1.54) is 0 Å². The van der Waals surface area contributed by atoms with Crippen molar-refractivity contribution in [2.75, 3.05) is 23.3 Å². The van der Waals surface area contributed by atoms with E-state index in [1.807, 2.05) is 0 Å². The van der Waals surface area contributed by atoms with Crippen LogP contribution in [0.3, 0.4) is 0 Å². The Morgan fingerprint density at radius 3 is 2.57 bits per heavy atom. The number of urea groups is 1. The van der Waals surface area contributed by atoms with Gasteiger partial charge in [0.2, 0.25) is 0 Å². The average Bonchev–Trinajstić information content (AvgIpc) is 3.08. The minimum Gasteiger partial charge on any atom is -0.456 e. The molecule has 108 valence electrons. The molecule has 2 heterocycles. The van der Waals surface area contributed by atoms with Crippen molar-refractivity contribution in [3.8, 4) is 0 Å². The molecule has 1 fully saturated rings. The SMILES string of the molecule is Cc1ccc(C(=O)Nc2ccc(N3CCNC3=O)cc2)o1. The highest BCUT2D eigenvalue weighted by molar-refractivity contribution is 6.02. The van der Waals surface area contributed by atoms with E-state index in [0.717, 1.165) is 5.69 Å². The van der Waals surface area contributed by atoms with E-state index in [4.69, 9.17) is 4.42 Å². The molecule has 0 unspecified atom stereocenters. The number of amides is 3. The lowest BCUT2D eigenvalue weighted by Gasteiger charge is -2.14. The number of benzene rings is 1. The number of nitrogens with one attached hydrogen (secondary N) is 2. The first-order valence-corrected chi connectivity index (χ1v) is 6.67. The van der Waals surface area contributed by atoms with Crippen molar-refractivity contribution in [2.45, 2.75) is 6.92 Å². The van der Waals surface area contributed by atoms with E-state index < -0.39 is 0 Å². The zero-order valence-corrected chi connectivity index (χ0v) is 11.6. The van der Waals surface area contributed by atoms with Crippen molar-refractivity contribution in [3.05, 3.63) is 47.9 Å². The van der Waals surface area contributed by atoms with Gasteiger partial charge in [-0.3, -0.25) is 9.69 Å². The molecule has 21 heavy (non-hydrogen) atoms. The Balaban J connectivity index is 1.69. The zero-order chi connectivity index (χ0) is 14.8. The number of aryl methyl sites for hydroxylation is 1. The van der Waals surface area contributed by atoms with Crippen LogP contribution >= 0.6 is 0 Å². The van der Waals surface area contributed by atoms with Gasteiger partial charge in [-0.05, 0) is 43.3 Å². The van der Waals surface area contributed by atoms with Crippen LogP contribution in [0.4, 0.5) is 16.2 Å². The number of nitrogens with zero attached hydrogens (tertiary/aromatic N) is 1. The first kappa shape index (κ1) is 13.2. The largest absolute Gasteiger partial charge is 0.456 e. The molecule has 1 aliphatic rings. The molecule has 3 amide bonds. The molecular weight excluding hydrogens is 270 g/mol. The van der Waals surface area contributed by atoms with Gasteiger partial charge in [-0.15, -0.1) is 0 Å². The topological polar surface area (TPSA) is 74.6 Å². The molecule has 0 aliphatic carbocycles. The fourth-order valence-electron chi connectivity index (χ4n) is 2.19. The van der Waals surface area contributed by atoms with Crippen molar-refractivity contribution in [1.82, 2.24) is 5.32 Å². The number of hydrogen-bond acceptors (Lipinski definition) is 3. The molecule has 0 atom stereocenters. The second-order valence-electron chi connectivity index (χ2n) is 4.79. The molecule has 1 saturated heterocycles. The molecule has 2 N–H and O–H groups in total. The van der Waals surface area contributed by atoms with Crippen molar-refractivity contribution in [2.24, 2.45) is 0 Å². The van der Waals surface area contributed by atoms with Crippen LogP contribution in [0.5, 0.6) is 0 Å². The first-order valence-electron chi connectivity index (χ1n) is 6.67. The molecule has 6 nitrogen and oxygen atoms in total. The van der Waals surface area contributed by atoms with Gasteiger partial charge in [0.15, 0.2) is 5.76 Å². The van der Waals surface area contributed by atoms with Crippen LogP contribution in [0.15, 0.2) is 40.8 Å². The van der Waals surface area contributed by atoms with Gasteiger partial charge in [-0.1, -0.05) is 0 Å². The molecule has 6 heteroatoms. The molecule has 0 saturated carbocycles. The maximum absolute atomic E-state index is 11.9. The van der Waals surface area contributed by atoms with Crippen LogP contribution in [0, 0.1) is 6.92 Å². The quantitative estimate of drug-likeness (QED) is 0.909. The molecule has 0 radical (unpaired) electrons.